The number of hydrogen-bond donors (Lipinski definition) is 0. The highest BCUT2D eigenvalue weighted by molar-refractivity contribution is 5.15. The number of unbranched alkanes of at least 4 members (excludes halogenated alkanes) is 12. The Morgan fingerprint density at radius 2 is 0.545 bits per heavy atom. The van der Waals surface area contributed by atoms with Gasteiger partial charge in [0.25, 0.3) is 0 Å². The van der Waals surface area contributed by atoms with Gasteiger partial charge >= 0.3 is 0 Å². The molecule has 18 unspecified atom stereocenters. The van der Waals surface area contributed by atoms with Crippen molar-refractivity contribution in [2.45, 2.75) is 425 Å². The molecular formula is C86H152N2. The summed E-state index contributed by atoms with van der Waals surface area (Å²) < 4.78 is 0. The highest BCUT2D eigenvalue weighted by Crippen LogP contribution is 2.69. The van der Waals surface area contributed by atoms with Crippen molar-refractivity contribution in [2.24, 2.45) is 118 Å². The molecule has 12 rings (SSSR count). The van der Waals surface area contributed by atoms with Crippen LogP contribution in [0.3, 0.4) is 0 Å². The van der Waals surface area contributed by atoms with E-state index in [1.807, 2.05) is 0 Å². The average Bonchev–Trinajstić information content (AvgIpc) is 0.716. The lowest BCUT2D eigenvalue weighted by Crippen LogP contribution is -2.68. The van der Waals surface area contributed by atoms with Gasteiger partial charge in [-0.05, 0) is 311 Å². The summed E-state index contributed by atoms with van der Waals surface area (Å²) in [6, 6.07) is 5.28. The zero-order valence-corrected chi connectivity index (χ0v) is 60.1. The van der Waals surface area contributed by atoms with Gasteiger partial charge in [-0.15, -0.1) is 0 Å². The van der Waals surface area contributed by atoms with E-state index in [0.29, 0.717) is 0 Å². The summed E-state index contributed by atoms with van der Waals surface area (Å²) in [6.45, 7) is 15.1. The van der Waals surface area contributed by atoms with Crippen LogP contribution in [-0.2, 0) is 0 Å². The van der Waals surface area contributed by atoms with Crippen LogP contribution < -0.4 is 0 Å². The summed E-state index contributed by atoms with van der Waals surface area (Å²) in [5.41, 5.74) is 0. The maximum atomic E-state index is 3.65. The van der Waals surface area contributed by atoms with Crippen LogP contribution in [0.15, 0.2) is 0 Å². The number of nitrogens with zero attached hydrogens (tertiary/aromatic N) is 2. The Morgan fingerprint density at radius 3 is 0.920 bits per heavy atom. The molecule has 0 spiro atoms. The first kappa shape index (κ1) is 67.9. The summed E-state index contributed by atoms with van der Waals surface area (Å²) in [4.78, 5) is 7.30. The molecule has 12 aliphatic carbocycles. The van der Waals surface area contributed by atoms with Crippen LogP contribution in [0.25, 0.3) is 0 Å². The first-order valence-electron chi connectivity index (χ1n) is 42.9. The van der Waals surface area contributed by atoms with Gasteiger partial charge in [-0.25, -0.2) is 0 Å². The molecule has 0 aliphatic heterocycles. The van der Waals surface area contributed by atoms with Gasteiger partial charge in [0.15, 0.2) is 0 Å². The Balaban J connectivity index is 0.912. The highest BCUT2D eigenvalue weighted by Gasteiger charge is 2.65. The van der Waals surface area contributed by atoms with Crippen molar-refractivity contribution in [2.75, 3.05) is 0 Å². The summed E-state index contributed by atoms with van der Waals surface area (Å²) in [5, 5.41) is 0. The number of hydrogen-bond acceptors (Lipinski definition) is 2. The second-order valence-corrected chi connectivity index (χ2v) is 36.6. The van der Waals surface area contributed by atoms with E-state index in [4.69, 9.17) is 0 Å². The van der Waals surface area contributed by atoms with Crippen LogP contribution in [-0.4, -0.2) is 46.1 Å². The summed E-state index contributed by atoms with van der Waals surface area (Å²) in [5.74, 6) is 20.5. The number of fused-ring (bicyclic) bond motifs is 2. The Hall–Kier alpha value is -0.0800. The van der Waals surface area contributed by atoms with Crippen LogP contribution in [0.4, 0.5) is 0 Å². The molecule has 12 saturated carbocycles. The standard InChI is InChI=1S/C86H152N2/c1-7-11-15-17-19-21-27-63-39-49-69(50-40-63)87(67-45-35-61(5)36-46-67)83-59-81(75-53-43-65(29-13-9-3)71-31-23-25-33-73(71)75)77-56-58-80-84(88(68-47-37-62(6)38-48-68)70-51-41-64(42-52-70)28-22-20-18-16-12-8-2)60-82(78-55-57-79(83)85(77)86(78)80)76-54-44-66(30-14-10-4)72-32-24-26-34-74(72)76/h61-86H,7-60H2,1-6H3. The van der Waals surface area contributed by atoms with E-state index in [1.54, 1.807) is 193 Å². The fourth-order valence-corrected chi connectivity index (χ4v) is 27.8. The van der Waals surface area contributed by atoms with Gasteiger partial charge in [-0.3, -0.25) is 9.80 Å². The van der Waals surface area contributed by atoms with Crippen molar-refractivity contribution in [3.8, 4) is 0 Å². The number of rotatable bonds is 28. The normalized spacial score (nSPS) is 44.7. The molecule has 2 heteroatoms. The van der Waals surface area contributed by atoms with E-state index in [0.717, 1.165) is 155 Å². The van der Waals surface area contributed by atoms with E-state index < -0.39 is 0 Å². The Morgan fingerprint density at radius 1 is 0.239 bits per heavy atom. The largest absolute Gasteiger partial charge is 0.294 e. The minimum atomic E-state index is 0.876. The van der Waals surface area contributed by atoms with Crippen molar-refractivity contribution < 1.29 is 0 Å². The summed E-state index contributed by atoms with van der Waals surface area (Å²) >= 11 is 0. The third-order valence-electron chi connectivity index (χ3n) is 32.0. The van der Waals surface area contributed by atoms with Gasteiger partial charge in [0.2, 0.25) is 0 Å². The monoisotopic (exact) mass is 1210 g/mol. The molecule has 2 nitrogen and oxygen atoms in total. The second kappa shape index (κ2) is 33.7. The smallest absolute Gasteiger partial charge is 0.0135 e. The molecule has 0 heterocycles. The van der Waals surface area contributed by atoms with E-state index in [9.17, 15) is 0 Å². The Labute approximate surface area is 549 Å². The zero-order valence-electron chi connectivity index (χ0n) is 60.1. The van der Waals surface area contributed by atoms with Gasteiger partial charge in [0, 0.05) is 36.3 Å². The van der Waals surface area contributed by atoms with Gasteiger partial charge in [-0.2, -0.15) is 0 Å². The van der Waals surface area contributed by atoms with Crippen molar-refractivity contribution in [3.63, 3.8) is 0 Å². The molecule has 0 bridgehead atoms. The average molecular weight is 1210 g/mol. The lowest BCUT2D eigenvalue weighted by Gasteiger charge is -2.69. The molecule has 88 heavy (non-hydrogen) atoms. The molecule has 18 atom stereocenters. The molecule has 0 saturated heterocycles. The maximum absolute atomic E-state index is 3.65. The molecule has 506 valence electrons. The van der Waals surface area contributed by atoms with Gasteiger partial charge < -0.3 is 0 Å². The first-order valence-corrected chi connectivity index (χ1v) is 42.9. The highest BCUT2D eigenvalue weighted by atomic mass is 15.2. The fraction of sp³-hybridized carbons (Fsp3) is 1.00. The molecule has 0 N–H and O–H groups in total. The molecule has 0 aromatic carbocycles. The van der Waals surface area contributed by atoms with Crippen molar-refractivity contribution >= 4 is 0 Å². The minimum Gasteiger partial charge on any atom is -0.294 e. The van der Waals surface area contributed by atoms with Crippen molar-refractivity contribution in [1.82, 2.24) is 9.80 Å². The zero-order chi connectivity index (χ0) is 60.3. The van der Waals surface area contributed by atoms with Crippen LogP contribution in [0.1, 0.15) is 388 Å². The minimum absolute atomic E-state index is 0.876. The van der Waals surface area contributed by atoms with E-state index in [2.05, 4.69) is 51.3 Å². The van der Waals surface area contributed by atoms with Crippen LogP contribution in [0.5, 0.6) is 0 Å². The van der Waals surface area contributed by atoms with E-state index in [1.165, 1.54) is 154 Å². The SMILES string of the molecule is CCCCCCCCC1CCC(N(C2CCC(C)CC2)C2CC(C3CCC(CCCC)C4CCCCC43)C3CCC4C5C(CCC2C35)C(C2CCC(CCCC)C3CCCCC32)CC4N(C2CCC(C)CC2)C2CCC(CCCCCCCC)CC2)CC1. The lowest BCUT2D eigenvalue weighted by atomic mass is 9.40. The molecular weight excluding hydrogens is 1060 g/mol. The second-order valence-electron chi connectivity index (χ2n) is 36.6. The third-order valence-corrected chi connectivity index (χ3v) is 32.0. The molecule has 12 fully saturated rings. The molecule has 0 amide bonds. The van der Waals surface area contributed by atoms with Crippen LogP contribution in [0.2, 0.25) is 0 Å². The molecule has 0 aromatic rings. The van der Waals surface area contributed by atoms with Gasteiger partial charge in [0.1, 0.15) is 0 Å². The van der Waals surface area contributed by atoms with E-state index in [-0.39, 0.29) is 0 Å². The topological polar surface area (TPSA) is 6.48 Å². The van der Waals surface area contributed by atoms with Crippen LogP contribution >= 0.6 is 0 Å². The molecule has 0 radical (unpaired) electrons. The maximum Gasteiger partial charge on any atom is 0.0135 e. The summed E-state index contributed by atoms with van der Waals surface area (Å²) in [6.07, 6.45) is 83.5. The van der Waals surface area contributed by atoms with Gasteiger partial charge in [-0.1, -0.05) is 196 Å². The molecule has 0 aromatic heterocycles. The predicted molar refractivity (Wildman–Crippen MR) is 380 cm³/mol. The lowest BCUT2D eigenvalue weighted by molar-refractivity contribution is -0.198. The van der Waals surface area contributed by atoms with Crippen LogP contribution in [0, 0.1) is 118 Å². The van der Waals surface area contributed by atoms with Gasteiger partial charge in [0.05, 0.1) is 0 Å². The molecule has 12 aliphatic rings. The summed E-state index contributed by atoms with van der Waals surface area (Å²) in [7, 11) is 0. The fourth-order valence-electron chi connectivity index (χ4n) is 27.8. The third kappa shape index (κ3) is 15.8. The van der Waals surface area contributed by atoms with Crippen molar-refractivity contribution in [1.29, 1.82) is 0 Å². The first-order chi connectivity index (χ1) is 43.3. The quantitative estimate of drug-likeness (QED) is 0.0721. The van der Waals surface area contributed by atoms with E-state index >= 15 is 0 Å². The van der Waals surface area contributed by atoms with Crippen molar-refractivity contribution in [3.05, 3.63) is 0 Å². The predicted octanol–water partition coefficient (Wildman–Crippen LogP) is 25.5. The Kier molecular flexibility index (Phi) is 26.0. The Bertz CT molecular complexity index is 1810.